The van der Waals surface area contributed by atoms with Crippen LogP contribution in [0.15, 0.2) is 0 Å². The van der Waals surface area contributed by atoms with E-state index in [1.807, 2.05) is 0 Å². The number of carbonyl (C=O) groups excluding carboxylic acids is 1. The van der Waals surface area contributed by atoms with E-state index in [9.17, 15) is 13.2 Å². The lowest BCUT2D eigenvalue weighted by Gasteiger charge is -2.13. The van der Waals surface area contributed by atoms with Gasteiger partial charge in [-0.25, -0.2) is 13.1 Å². The number of sulfonamides is 1. The number of hydrogen-bond acceptors (Lipinski definition) is 3. The highest BCUT2D eigenvalue weighted by molar-refractivity contribution is 7.89. The zero-order chi connectivity index (χ0) is 12.2. The van der Waals surface area contributed by atoms with Gasteiger partial charge in [-0.05, 0) is 12.3 Å². The number of halogens is 1. The standard InChI is InChI=1S/C9H17ClN2O3S/c1-7(4-10)6-16(14,15)11-5-8-2-3-9(13)12-8/h7-8,11H,2-6H2,1H3,(H,12,13). The van der Waals surface area contributed by atoms with E-state index >= 15 is 0 Å². The maximum atomic E-state index is 11.6. The molecule has 0 saturated carbocycles. The van der Waals surface area contributed by atoms with Crippen molar-refractivity contribution in [3.63, 3.8) is 0 Å². The summed E-state index contributed by atoms with van der Waals surface area (Å²) in [7, 11) is -3.28. The predicted octanol–water partition coefficient (Wildman–Crippen LogP) is 0.0593. The Kier molecular flexibility index (Phi) is 5.01. The zero-order valence-corrected chi connectivity index (χ0v) is 10.8. The average molecular weight is 269 g/mol. The van der Waals surface area contributed by atoms with Crippen molar-refractivity contribution in [1.82, 2.24) is 10.0 Å². The minimum Gasteiger partial charge on any atom is -0.352 e. The van der Waals surface area contributed by atoms with Gasteiger partial charge in [0.2, 0.25) is 15.9 Å². The summed E-state index contributed by atoms with van der Waals surface area (Å²) in [6, 6.07) is -0.0754. The smallest absolute Gasteiger partial charge is 0.220 e. The van der Waals surface area contributed by atoms with Crippen LogP contribution in [0.3, 0.4) is 0 Å². The Hall–Kier alpha value is -0.330. The molecule has 2 N–H and O–H groups in total. The maximum Gasteiger partial charge on any atom is 0.220 e. The quantitative estimate of drug-likeness (QED) is 0.669. The topological polar surface area (TPSA) is 75.3 Å². The first kappa shape index (κ1) is 13.7. The molecule has 1 aliphatic heterocycles. The van der Waals surface area contributed by atoms with Crippen molar-refractivity contribution in [3.05, 3.63) is 0 Å². The Morgan fingerprint density at radius 1 is 1.62 bits per heavy atom. The van der Waals surface area contributed by atoms with Crippen LogP contribution in [0.2, 0.25) is 0 Å². The number of nitrogens with one attached hydrogen (secondary N) is 2. The molecular weight excluding hydrogens is 252 g/mol. The van der Waals surface area contributed by atoms with Crippen molar-refractivity contribution >= 4 is 27.5 Å². The summed E-state index contributed by atoms with van der Waals surface area (Å²) in [5, 5.41) is 2.70. The minimum absolute atomic E-state index is 0.0154. The third-order valence-electron chi connectivity index (χ3n) is 2.40. The summed E-state index contributed by atoms with van der Waals surface area (Å²) in [6.45, 7) is 2.05. The van der Waals surface area contributed by atoms with Crippen LogP contribution in [0.1, 0.15) is 19.8 Å². The Morgan fingerprint density at radius 3 is 2.81 bits per heavy atom. The number of carbonyl (C=O) groups is 1. The van der Waals surface area contributed by atoms with Crippen molar-refractivity contribution in [2.45, 2.75) is 25.8 Å². The van der Waals surface area contributed by atoms with Crippen LogP contribution < -0.4 is 10.0 Å². The molecule has 7 heteroatoms. The van der Waals surface area contributed by atoms with Crippen molar-refractivity contribution in [2.24, 2.45) is 5.92 Å². The Balaban J connectivity index is 2.33. The molecular formula is C9H17ClN2O3S. The van der Waals surface area contributed by atoms with Gasteiger partial charge in [0.1, 0.15) is 0 Å². The Labute approximate surface area is 101 Å². The Bertz CT molecular complexity index is 345. The molecule has 0 bridgehead atoms. The van der Waals surface area contributed by atoms with E-state index in [2.05, 4.69) is 10.0 Å². The summed E-state index contributed by atoms with van der Waals surface area (Å²) < 4.78 is 25.6. The van der Waals surface area contributed by atoms with Gasteiger partial charge in [-0.2, -0.15) is 0 Å². The lowest BCUT2D eigenvalue weighted by molar-refractivity contribution is -0.119. The van der Waals surface area contributed by atoms with E-state index in [1.54, 1.807) is 6.92 Å². The highest BCUT2D eigenvalue weighted by Crippen LogP contribution is 2.06. The van der Waals surface area contributed by atoms with Gasteiger partial charge in [0, 0.05) is 24.9 Å². The molecule has 0 aromatic carbocycles. The molecule has 1 saturated heterocycles. The van der Waals surface area contributed by atoms with E-state index < -0.39 is 10.0 Å². The van der Waals surface area contributed by atoms with Gasteiger partial charge in [0.25, 0.3) is 0 Å². The van der Waals surface area contributed by atoms with Crippen molar-refractivity contribution in [1.29, 1.82) is 0 Å². The SMILES string of the molecule is CC(CCl)CS(=O)(=O)NCC1CCC(=O)N1. The monoisotopic (exact) mass is 268 g/mol. The van der Waals surface area contributed by atoms with Crippen LogP contribution in [0.5, 0.6) is 0 Å². The Morgan fingerprint density at radius 2 is 2.31 bits per heavy atom. The molecule has 0 spiro atoms. The van der Waals surface area contributed by atoms with Gasteiger partial charge in [-0.1, -0.05) is 6.92 Å². The first-order chi connectivity index (χ1) is 7.43. The molecule has 0 aromatic rings. The summed E-state index contributed by atoms with van der Waals surface area (Å²) in [5.74, 6) is 0.258. The van der Waals surface area contributed by atoms with E-state index in [-0.39, 0.29) is 30.2 Å². The zero-order valence-electron chi connectivity index (χ0n) is 9.20. The third-order valence-corrected chi connectivity index (χ3v) is 4.54. The lowest BCUT2D eigenvalue weighted by atomic mass is 10.2. The summed E-state index contributed by atoms with van der Waals surface area (Å²) in [4.78, 5) is 10.9. The van der Waals surface area contributed by atoms with Gasteiger partial charge < -0.3 is 5.32 Å². The van der Waals surface area contributed by atoms with Crippen LogP contribution in [-0.2, 0) is 14.8 Å². The molecule has 1 rings (SSSR count). The highest BCUT2D eigenvalue weighted by atomic mass is 35.5. The molecule has 0 radical (unpaired) electrons. The second-order valence-corrected chi connectivity index (χ2v) is 6.35. The summed E-state index contributed by atoms with van der Waals surface area (Å²) in [6.07, 6.45) is 1.16. The predicted molar refractivity (Wildman–Crippen MR) is 62.8 cm³/mol. The first-order valence-electron chi connectivity index (χ1n) is 5.25. The molecule has 2 unspecified atom stereocenters. The van der Waals surface area contributed by atoms with Crippen LogP contribution in [0, 0.1) is 5.92 Å². The van der Waals surface area contributed by atoms with Crippen LogP contribution in [0.25, 0.3) is 0 Å². The van der Waals surface area contributed by atoms with Crippen LogP contribution in [0.4, 0.5) is 0 Å². The van der Waals surface area contributed by atoms with Gasteiger partial charge >= 0.3 is 0 Å². The fourth-order valence-electron chi connectivity index (χ4n) is 1.54. The molecule has 16 heavy (non-hydrogen) atoms. The second-order valence-electron chi connectivity index (χ2n) is 4.19. The van der Waals surface area contributed by atoms with Crippen LogP contribution >= 0.6 is 11.6 Å². The van der Waals surface area contributed by atoms with Gasteiger partial charge in [-0.15, -0.1) is 11.6 Å². The number of alkyl halides is 1. The minimum atomic E-state index is -3.28. The molecule has 1 fully saturated rings. The van der Waals surface area contributed by atoms with Crippen molar-refractivity contribution in [2.75, 3.05) is 18.2 Å². The number of amides is 1. The molecule has 0 aliphatic carbocycles. The molecule has 1 heterocycles. The third kappa shape index (κ3) is 4.67. The molecule has 2 atom stereocenters. The maximum absolute atomic E-state index is 11.6. The van der Waals surface area contributed by atoms with E-state index in [0.717, 1.165) is 0 Å². The van der Waals surface area contributed by atoms with Gasteiger partial charge in [0.05, 0.1) is 5.75 Å². The number of rotatable bonds is 6. The average Bonchev–Trinajstić information content (AvgIpc) is 2.61. The molecule has 0 aromatic heterocycles. The normalized spacial score (nSPS) is 23.1. The summed E-state index contributed by atoms with van der Waals surface area (Å²) in [5.41, 5.74) is 0. The van der Waals surface area contributed by atoms with Crippen molar-refractivity contribution in [3.8, 4) is 0 Å². The molecule has 5 nitrogen and oxygen atoms in total. The van der Waals surface area contributed by atoms with Gasteiger partial charge in [-0.3, -0.25) is 4.79 Å². The largest absolute Gasteiger partial charge is 0.352 e. The van der Waals surface area contributed by atoms with E-state index in [4.69, 9.17) is 11.6 Å². The summed E-state index contributed by atoms with van der Waals surface area (Å²) >= 11 is 5.56. The van der Waals surface area contributed by atoms with Crippen molar-refractivity contribution < 1.29 is 13.2 Å². The van der Waals surface area contributed by atoms with Gasteiger partial charge in [0.15, 0.2) is 0 Å². The first-order valence-corrected chi connectivity index (χ1v) is 7.44. The molecule has 1 amide bonds. The lowest BCUT2D eigenvalue weighted by Crippen LogP contribution is -2.40. The fourth-order valence-corrected chi connectivity index (χ4v) is 3.21. The molecule has 1 aliphatic rings. The highest BCUT2D eigenvalue weighted by Gasteiger charge is 2.23. The molecule has 94 valence electrons. The number of hydrogen-bond donors (Lipinski definition) is 2. The fraction of sp³-hybridized carbons (Fsp3) is 0.889. The van der Waals surface area contributed by atoms with E-state index in [1.165, 1.54) is 0 Å². The van der Waals surface area contributed by atoms with Crippen LogP contribution in [-0.4, -0.2) is 38.5 Å². The van der Waals surface area contributed by atoms with E-state index in [0.29, 0.717) is 18.7 Å². The second kappa shape index (κ2) is 5.84.